The molecule has 0 amide bonds. The summed E-state index contributed by atoms with van der Waals surface area (Å²) < 4.78 is 0. The molecule has 0 saturated carbocycles. The molecule has 0 fully saturated rings. The highest BCUT2D eigenvalue weighted by Gasteiger charge is 2.04. The zero-order chi connectivity index (χ0) is 8.27. The minimum atomic E-state index is 0.0329. The molecular formula is C7H7Cl2NO. The van der Waals surface area contributed by atoms with Gasteiger partial charge in [0.05, 0.1) is 0 Å². The fourth-order valence-electron chi connectivity index (χ4n) is 0.780. The summed E-state index contributed by atoms with van der Waals surface area (Å²) in [6.45, 7) is 0.0329. The van der Waals surface area contributed by atoms with Gasteiger partial charge in [0.2, 0.25) is 0 Å². The molecule has 60 valence electrons. The summed E-state index contributed by atoms with van der Waals surface area (Å²) in [5.74, 6) is 0. The van der Waals surface area contributed by atoms with E-state index in [0.29, 0.717) is 22.2 Å². The van der Waals surface area contributed by atoms with Crippen LogP contribution in [-0.4, -0.2) is 16.7 Å². The van der Waals surface area contributed by atoms with Crippen molar-refractivity contribution in [2.45, 2.75) is 6.42 Å². The maximum Gasteiger partial charge on any atom is 0.133 e. The minimum Gasteiger partial charge on any atom is -0.396 e. The van der Waals surface area contributed by atoms with Crippen molar-refractivity contribution in [2.75, 3.05) is 6.61 Å². The molecule has 0 atom stereocenters. The van der Waals surface area contributed by atoms with Gasteiger partial charge in [-0.3, -0.25) is 0 Å². The maximum atomic E-state index is 8.62. The normalized spacial score (nSPS) is 10.1. The monoisotopic (exact) mass is 191 g/mol. The Morgan fingerprint density at radius 3 is 2.73 bits per heavy atom. The van der Waals surface area contributed by atoms with Crippen molar-refractivity contribution in [1.82, 2.24) is 4.98 Å². The average Bonchev–Trinajstić information content (AvgIpc) is 1.97. The number of aromatic nitrogens is 1. The fourth-order valence-corrected chi connectivity index (χ4v) is 1.32. The fraction of sp³-hybridized carbons (Fsp3) is 0.286. The molecule has 1 rings (SSSR count). The molecule has 4 heteroatoms. The SMILES string of the molecule is OCCc1c(Cl)ccnc1Cl. The molecule has 2 nitrogen and oxygen atoms in total. The van der Waals surface area contributed by atoms with E-state index in [2.05, 4.69) is 4.98 Å². The van der Waals surface area contributed by atoms with Crippen molar-refractivity contribution in [3.63, 3.8) is 0 Å². The summed E-state index contributed by atoms with van der Waals surface area (Å²) in [7, 11) is 0. The van der Waals surface area contributed by atoms with Crippen LogP contribution in [-0.2, 0) is 6.42 Å². The predicted octanol–water partition coefficient (Wildman–Crippen LogP) is 1.92. The molecule has 1 aromatic rings. The van der Waals surface area contributed by atoms with Gasteiger partial charge in [-0.2, -0.15) is 0 Å². The van der Waals surface area contributed by atoms with Crippen molar-refractivity contribution in [3.8, 4) is 0 Å². The van der Waals surface area contributed by atoms with Crippen LogP contribution >= 0.6 is 23.2 Å². The highest BCUT2D eigenvalue weighted by atomic mass is 35.5. The number of hydrogen-bond donors (Lipinski definition) is 1. The molecule has 0 radical (unpaired) electrons. The van der Waals surface area contributed by atoms with Crippen LogP contribution in [0.4, 0.5) is 0 Å². The van der Waals surface area contributed by atoms with E-state index >= 15 is 0 Å². The Balaban J connectivity index is 3.00. The largest absolute Gasteiger partial charge is 0.396 e. The summed E-state index contributed by atoms with van der Waals surface area (Å²) in [5.41, 5.74) is 0.707. The van der Waals surface area contributed by atoms with Crippen LogP contribution in [0.25, 0.3) is 0 Å². The van der Waals surface area contributed by atoms with E-state index < -0.39 is 0 Å². The summed E-state index contributed by atoms with van der Waals surface area (Å²) >= 11 is 11.5. The topological polar surface area (TPSA) is 33.1 Å². The Morgan fingerprint density at radius 2 is 2.18 bits per heavy atom. The van der Waals surface area contributed by atoms with Crippen molar-refractivity contribution in [1.29, 1.82) is 0 Å². The molecule has 0 aliphatic carbocycles. The second-order valence-electron chi connectivity index (χ2n) is 2.04. The zero-order valence-corrected chi connectivity index (χ0v) is 7.23. The quantitative estimate of drug-likeness (QED) is 0.726. The third kappa shape index (κ3) is 2.06. The van der Waals surface area contributed by atoms with Gasteiger partial charge in [0.25, 0.3) is 0 Å². The number of aliphatic hydroxyl groups excluding tert-OH is 1. The molecule has 0 aromatic carbocycles. The van der Waals surface area contributed by atoms with Crippen LogP contribution in [0, 0.1) is 0 Å². The Hall–Kier alpha value is -0.310. The maximum absolute atomic E-state index is 8.62. The van der Waals surface area contributed by atoms with Crippen LogP contribution < -0.4 is 0 Å². The predicted molar refractivity (Wildman–Crippen MR) is 45.0 cm³/mol. The van der Waals surface area contributed by atoms with Crippen molar-refractivity contribution < 1.29 is 5.11 Å². The van der Waals surface area contributed by atoms with Crippen molar-refractivity contribution in [2.24, 2.45) is 0 Å². The van der Waals surface area contributed by atoms with Gasteiger partial charge in [0.1, 0.15) is 5.15 Å². The number of halogens is 2. The van der Waals surface area contributed by atoms with Gasteiger partial charge in [0.15, 0.2) is 0 Å². The molecule has 11 heavy (non-hydrogen) atoms. The molecule has 0 spiro atoms. The summed E-state index contributed by atoms with van der Waals surface area (Å²) in [6.07, 6.45) is 1.98. The Morgan fingerprint density at radius 1 is 1.45 bits per heavy atom. The molecule has 0 saturated heterocycles. The highest BCUT2D eigenvalue weighted by Crippen LogP contribution is 2.21. The van der Waals surface area contributed by atoms with Crippen LogP contribution in [0.3, 0.4) is 0 Å². The minimum absolute atomic E-state index is 0.0329. The van der Waals surface area contributed by atoms with Crippen molar-refractivity contribution >= 4 is 23.2 Å². The number of aliphatic hydroxyl groups is 1. The lowest BCUT2D eigenvalue weighted by atomic mass is 10.2. The zero-order valence-electron chi connectivity index (χ0n) is 5.72. The van der Waals surface area contributed by atoms with E-state index in [1.54, 1.807) is 6.07 Å². The third-order valence-corrected chi connectivity index (χ3v) is 1.99. The van der Waals surface area contributed by atoms with Crippen LogP contribution in [0.15, 0.2) is 12.3 Å². The lowest BCUT2D eigenvalue weighted by Crippen LogP contribution is -1.94. The number of pyridine rings is 1. The third-order valence-electron chi connectivity index (χ3n) is 1.31. The Bertz CT molecular complexity index is 232. The van der Waals surface area contributed by atoms with Crippen LogP contribution in [0.2, 0.25) is 10.2 Å². The van der Waals surface area contributed by atoms with Crippen LogP contribution in [0.1, 0.15) is 5.56 Å². The molecule has 1 aromatic heterocycles. The molecule has 1 N–H and O–H groups in total. The van der Waals surface area contributed by atoms with Gasteiger partial charge in [-0.05, 0) is 6.07 Å². The molecule has 1 heterocycles. The van der Waals surface area contributed by atoms with E-state index in [-0.39, 0.29) is 6.61 Å². The molecule has 0 aliphatic rings. The number of rotatable bonds is 2. The lowest BCUT2D eigenvalue weighted by molar-refractivity contribution is 0.299. The van der Waals surface area contributed by atoms with Gasteiger partial charge in [-0.25, -0.2) is 4.98 Å². The van der Waals surface area contributed by atoms with E-state index in [1.165, 1.54) is 6.20 Å². The van der Waals surface area contributed by atoms with E-state index in [9.17, 15) is 0 Å². The highest BCUT2D eigenvalue weighted by molar-refractivity contribution is 6.35. The first kappa shape index (κ1) is 8.78. The number of hydrogen-bond acceptors (Lipinski definition) is 2. The van der Waals surface area contributed by atoms with Gasteiger partial charge < -0.3 is 5.11 Å². The second kappa shape index (κ2) is 3.90. The number of nitrogens with zero attached hydrogens (tertiary/aromatic N) is 1. The standard InChI is InChI=1S/C7H7Cl2NO/c8-6-1-3-10-7(9)5(6)2-4-11/h1,3,11H,2,4H2. The summed E-state index contributed by atoms with van der Waals surface area (Å²) in [4.78, 5) is 3.83. The first-order chi connectivity index (χ1) is 5.25. The smallest absolute Gasteiger partial charge is 0.133 e. The van der Waals surface area contributed by atoms with Crippen molar-refractivity contribution in [3.05, 3.63) is 28.0 Å². The van der Waals surface area contributed by atoms with Gasteiger partial charge in [0, 0.05) is 29.8 Å². The summed E-state index contributed by atoms with van der Waals surface area (Å²) in [6, 6.07) is 1.65. The van der Waals surface area contributed by atoms with E-state index in [4.69, 9.17) is 28.3 Å². The molecule has 0 aliphatic heterocycles. The Kier molecular flexibility index (Phi) is 3.12. The molecule has 0 unspecified atom stereocenters. The van der Waals surface area contributed by atoms with Gasteiger partial charge in [-0.1, -0.05) is 23.2 Å². The molecule has 0 bridgehead atoms. The molecular weight excluding hydrogens is 185 g/mol. The first-order valence-electron chi connectivity index (χ1n) is 3.15. The first-order valence-corrected chi connectivity index (χ1v) is 3.91. The van der Waals surface area contributed by atoms with E-state index in [0.717, 1.165) is 0 Å². The second-order valence-corrected chi connectivity index (χ2v) is 2.80. The lowest BCUT2D eigenvalue weighted by Gasteiger charge is -2.02. The Labute approximate surface area is 74.8 Å². The van der Waals surface area contributed by atoms with Crippen LogP contribution in [0.5, 0.6) is 0 Å². The van der Waals surface area contributed by atoms with Gasteiger partial charge in [-0.15, -0.1) is 0 Å². The average molecular weight is 192 g/mol. The van der Waals surface area contributed by atoms with Gasteiger partial charge >= 0.3 is 0 Å². The summed E-state index contributed by atoms with van der Waals surface area (Å²) in [5, 5.41) is 9.55. The van der Waals surface area contributed by atoms with E-state index in [1.807, 2.05) is 0 Å².